The molecule has 94 valence electrons. The standard InChI is InChI=1S/C15H11NO3/c17-11-16-15(19,13-9-5-2-6-10-13)14(18)12-7-3-1-4-8-12/h1-10,19H. The Morgan fingerprint density at radius 2 is 1.53 bits per heavy atom. The van der Waals surface area contributed by atoms with E-state index < -0.39 is 11.5 Å². The van der Waals surface area contributed by atoms with Gasteiger partial charge in [-0.25, -0.2) is 4.79 Å². The summed E-state index contributed by atoms with van der Waals surface area (Å²) in [5.41, 5.74) is -1.73. The highest BCUT2D eigenvalue weighted by Gasteiger charge is 2.38. The number of Topliss-reactive ketones (excluding diaryl/α,β-unsaturated/α-hetero) is 1. The maximum atomic E-state index is 12.3. The highest BCUT2D eigenvalue weighted by molar-refractivity contribution is 6.03. The summed E-state index contributed by atoms with van der Waals surface area (Å²) < 4.78 is 0. The Labute approximate surface area is 110 Å². The molecule has 2 aromatic rings. The first kappa shape index (κ1) is 12.9. The maximum absolute atomic E-state index is 12.3. The zero-order valence-electron chi connectivity index (χ0n) is 9.98. The summed E-state index contributed by atoms with van der Waals surface area (Å²) in [6.45, 7) is 0. The molecule has 1 N–H and O–H groups in total. The first-order valence-electron chi connectivity index (χ1n) is 5.65. The van der Waals surface area contributed by atoms with Crippen molar-refractivity contribution in [1.82, 2.24) is 0 Å². The van der Waals surface area contributed by atoms with Crippen molar-refractivity contribution in [3.05, 3.63) is 71.8 Å². The molecule has 4 heteroatoms. The van der Waals surface area contributed by atoms with Crippen LogP contribution in [0.5, 0.6) is 0 Å². The number of hydrogen-bond donors (Lipinski definition) is 1. The van der Waals surface area contributed by atoms with E-state index >= 15 is 0 Å². The first-order valence-corrected chi connectivity index (χ1v) is 5.65. The van der Waals surface area contributed by atoms with Gasteiger partial charge in [0.15, 0.2) is 0 Å². The Morgan fingerprint density at radius 3 is 2.05 bits per heavy atom. The molecule has 0 aliphatic heterocycles. The number of benzene rings is 2. The Balaban J connectivity index is 2.52. The number of carbonyl (C=O) groups is 1. The van der Waals surface area contributed by atoms with Gasteiger partial charge >= 0.3 is 0 Å². The smallest absolute Gasteiger partial charge is 0.258 e. The average molecular weight is 253 g/mol. The van der Waals surface area contributed by atoms with Crippen LogP contribution in [0.4, 0.5) is 0 Å². The molecule has 0 aliphatic rings. The third kappa shape index (κ3) is 2.50. The van der Waals surface area contributed by atoms with Crippen molar-refractivity contribution in [3.8, 4) is 0 Å². The minimum atomic E-state index is -2.23. The van der Waals surface area contributed by atoms with E-state index in [4.69, 9.17) is 0 Å². The minimum absolute atomic E-state index is 0.229. The molecule has 0 saturated heterocycles. The van der Waals surface area contributed by atoms with E-state index in [0.717, 1.165) is 0 Å². The summed E-state index contributed by atoms with van der Waals surface area (Å²) >= 11 is 0. The zero-order valence-corrected chi connectivity index (χ0v) is 9.98. The molecule has 0 radical (unpaired) electrons. The zero-order chi connectivity index (χ0) is 13.7. The molecule has 0 aromatic heterocycles. The van der Waals surface area contributed by atoms with Gasteiger partial charge in [-0.3, -0.25) is 4.79 Å². The number of aliphatic imine (C=N–C) groups is 1. The monoisotopic (exact) mass is 253 g/mol. The van der Waals surface area contributed by atoms with Crippen molar-refractivity contribution >= 4 is 11.9 Å². The molecular weight excluding hydrogens is 242 g/mol. The quantitative estimate of drug-likeness (QED) is 0.515. The summed E-state index contributed by atoms with van der Waals surface area (Å²) in [6.07, 6.45) is 1.26. The summed E-state index contributed by atoms with van der Waals surface area (Å²) in [4.78, 5) is 26.2. The van der Waals surface area contributed by atoms with E-state index in [9.17, 15) is 14.7 Å². The van der Waals surface area contributed by atoms with Gasteiger partial charge in [0.1, 0.15) is 0 Å². The van der Waals surface area contributed by atoms with Crippen LogP contribution in [0.1, 0.15) is 15.9 Å². The summed E-state index contributed by atoms with van der Waals surface area (Å²) in [6, 6.07) is 16.3. The number of nitrogens with zero attached hydrogens (tertiary/aromatic N) is 1. The number of isocyanates is 1. The van der Waals surface area contributed by atoms with Gasteiger partial charge in [0.05, 0.1) is 0 Å². The number of rotatable bonds is 4. The molecule has 0 fully saturated rings. The van der Waals surface area contributed by atoms with Crippen LogP contribution in [-0.4, -0.2) is 17.0 Å². The lowest BCUT2D eigenvalue weighted by Gasteiger charge is -2.20. The van der Waals surface area contributed by atoms with Crippen LogP contribution in [0.25, 0.3) is 0 Å². The van der Waals surface area contributed by atoms with Crippen LogP contribution in [0.2, 0.25) is 0 Å². The van der Waals surface area contributed by atoms with Crippen molar-refractivity contribution in [1.29, 1.82) is 0 Å². The van der Waals surface area contributed by atoms with E-state index in [-0.39, 0.29) is 11.1 Å². The number of hydrogen-bond acceptors (Lipinski definition) is 4. The normalized spacial score (nSPS) is 13.1. The highest BCUT2D eigenvalue weighted by Crippen LogP contribution is 2.26. The molecule has 4 nitrogen and oxygen atoms in total. The van der Waals surface area contributed by atoms with E-state index in [1.54, 1.807) is 48.5 Å². The van der Waals surface area contributed by atoms with Gasteiger partial charge in [0, 0.05) is 11.1 Å². The molecule has 2 aromatic carbocycles. The lowest BCUT2D eigenvalue weighted by molar-refractivity contribution is 0.0344. The average Bonchev–Trinajstić information content (AvgIpc) is 2.48. The fraction of sp³-hybridized carbons (Fsp3) is 0.0667. The lowest BCUT2D eigenvalue weighted by atomic mass is 9.94. The highest BCUT2D eigenvalue weighted by atomic mass is 16.3. The molecule has 0 heterocycles. The van der Waals surface area contributed by atoms with Crippen LogP contribution >= 0.6 is 0 Å². The molecular formula is C15H11NO3. The van der Waals surface area contributed by atoms with Crippen LogP contribution in [-0.2, 0) is 10.5 Å². The maximum Gasteiger partial charge on any atom is 0.258 e. The van der Waals surface area contributed by atoms with Crippen LogP contribution < -0.4 is 0 Å². The van der Waals surface area contributed by atoms with Crippen molar-refractivity contribution in [2.24, 2.45) is 4.99 Å². The SMILES string of the molecule is O=C=NC(O)(C(=O)c1ccccc1)c1ccccc1. The van der Waals surface area contributed by atoms with E-state index in [0.29, 0.717) is 0 Å². The van der Waals surface area contributed by atoms with Crippen molar-refractivity contribution in [2.75, 3.05) is 0 Å². The predicted molar refractivity (Wildman–Crippen MR) is 69.2 cm³/mol. The minimum Gasteiger partial charge on any atom is -0.359 e. The third-order valence-electron chi connectivity index (χ3n) is 2.74. The summed E-state index contributed by atoms with van der Waals surface area (Å²) in [7, 11) is 0. The molecule has 19 heavy (non-hydrogen) atoms. The van der Waals surface area contributed by atoms with E-state index in [1.807, 2.05) is 0 Å². The van der Waals surface area contributed by atoms with Crippen molar-refractivity contribution in [2.45, 2.75) is 5.72 Å². The second-order valence-electron chi connectivity index (χ2n) is 3.94. The third-order valence-corrected chi connectivity index (χ3v) is 2.74. The second-order valence-corrected chi connectivity index (χ2v) is 3.94. The number of ketones is 1. The van der Waals surface area contributed by atoms with Gasteiger partial charge in [-0.15, -0.1) is 0 Å². The van der Waals surface area contributed by atoms with Crippen LogP contribution in [0.3, 0.4) is 0 Å². The molecule has 0 amide bonds. The molecule has 2 rings (SSSR count). The van der Waals surface area contributed by atoms with Crippen LogP contribution in [0, 0.1) is 0 Å². The van der Waals surface area contributed by atoms with Gasteiger partial charge in [-0.05, 0) is 0 Å². The molecule has 0 saturated carbocycles. The molecule has 1 unspecified atom stereocenters. The fourth-order valence-electron chi connectivity index (χ4n) is 1.77. The summed E-state index contributed by atoms with van der Waals surface area (Å²) in [5, 5.41) is 10.4. The Hall–Kier alpha value is -2.55. The predicted octanol–water partition coefficient (Wildman–Crippen LogP) is 2.05. The topological polar surface area (TPSA) is 66.7 Å². The van der Waals surface area contributed by atoms with Gasteiger partial charge in [-0.2, -0.15) is 4.99 Å². The van der Waals surface area contributed by atoms with E-state index in [2.05, 4.69) is 4.99 Å². The largest absolute Gasteiger partial charge is 0.359 e. The molecule has 0 spiro atoms. The molecule has 0 bridgehead atoms. The van der Waals surface area contributed by atoms with Crippen molar-refractivity contribution < 1.29 is 14.7 Å². The van der Waals surface area contributed by atoms with Crippen molar-refractivity contribution in [3.63, 3.8) is 0 Å². The Morgan fingerprint density at radius 1 is 1.00 bits per heavy atom. The summed E-state index contributed by atoms with van der Waals surface area (Å²) in [5.74, 6) is -0.664. The van der Waals surface area contributed by atoms with E-state index in [1.165, 1.54) is 18.2 Å². The Bertz CT molecular complexity index is 618. The van der Waals surface area contributed by atoms with Gasteiger partial charge in [0.2, 0.25) is 11.9 Å². The van der Waals surface area contributed by atoms with Crippen LogP contribution in [0.15, 0.2) is 65.7 Å². The number of aliphatic hydroxyl groups is 1. The Kier molecular flexibility index (Phi) is 3.66. The van der Waals surface area contributed by atoms with Gasteiger partial charge in [-0.1, -0.05) is 60.7 Å². The van der Waals surface area contributed by atoms with Gasteiger partial charge < -0.3 is 5.11 Å². The second kappa shape index (κ2) is 5.40. The number of carbonyl (C=O) groups excluding carboxylic acids is 2. The first-order chi connectivity index (χ1) is 9.18. The lowest BCUT2D eigenvalue weighted by Crippen LogP contribution is -2.33. The molecule has 1 atom stereocenters. The fourth-order valence-corrected chi connectivity index (χ4v) is 1.77. The molecule has 0 aliphatic carbocycles. The van der Waals surface area contributed by atoms with Gasteiger partial charge in [0.25, 0.3) is 5.72 Å².